The normalized spacial score (nSPS) is 12.9. The Kier molecular flexibility index (Phi) is 4.99. The fourth-order valence-corrected chi connectivity index (χ4v) is 4.10. The highest BCUT2D eigenvalue weighted by Crippen LogP contribution is 2.37. The lowest BCUT2D eigenvalue weighted by atomic mass is 10.2. The van der Waals surface area contributed by atoms with Crippen molar-refractivity contribution in [3.63, 3.8) is 0 Å². The second-order valence-corrected chi connectivity index (χ2v) is 6.99. The van der Waals surface area contributed by atoms with Crippen molar-refractivity contribution in [1.82, 2.24) is 10.3 Å². The fraction of sp³-hybridized carbons (Fsp3) is 0.364. The minimum Gasteiger partial charge on any atom is -0.304 e. The van der Waals surface area contributed by atoms with Gasteiger partial charge in [0.15, 0.2) is 0 Å². The van der Waals surface area contributed by atoms with E-state index in [1.165, 1.54) is 4.88 Å². The summed E-state index contributed by atoms with van der Waals surface area (Å²) >= 11 is 12.8. The van der Waals surface area contributed by atoms with Gasteiger partial charge in [0.25, 0.3) is 0 Å². The third kappa shape index (κ3) is 3.29. The molecule has 2 aromatic rings. The molecular formula is C11H12BrClN2S2. The minimum absolute atomic E-state index is 0.156. The maximum absolute atomic E-state index is 6.10. The second-order valence-electron chi connectivity index (χ2n) is 3.53. The van der Waals surface area contributed by atoms with E-state index in [0.29, 0.717) is 0 Å². The standard InChI is InChI=1S/C11H12BrClN2S2/c1-2-3-14-9(11-15-4-5-16-11)8-6-7(12)10(13)17-8/h4-6,9,14H,2-3H2,1H3. The van der Waals surface area contributed by atoms with Gasteiger partial charge >= 0.3 is 0 Å². The molecule has 0 amide bonds. The number of nitrogens with zero attached hydrogens (tertiary/aromatic N) is 1. The summed E-state index contributed by atoms with van der Waals surface area (Å²) in [7, 11) is 0. The fourth-order valence-electron chi connectivity index (χ4n) is 1.48. The monoisotopic (exact) mass is 350 g/mol. The van der Waals surface area contributed by atoms with Gasteiger partial charge in [-0.3, -0.25) is 0 Å². The van der Waals surface area contributed by atoms with Gasteiger partial charge in [-0.15, -0.1) is 22.7 Å². The molecule has 0 radical (unpaired) electrons. The molecule has 2 heterocycles. The van der Waals surface area contributed by atoms with E-state index in [2.05, 4.69) is 39.2 Å². The average Bonchev–Trinajstić information content (AvgIpc) is 2.92. The summed E-state index contributed by atoms with van der Waals surface area (Å²) in [6.07, 6.45) is 2.94. The average molecular weight is 352 g/mol. The quantitative estimate of drug-likeness (QED) is 0.844. The van der Waals surface area contributed by atoms with Gasteiger partial charge in [0.1, 0.15) is 9.34 Å². The second kappa shape index (κ2) is 6.29. The van der Waals surface area contributed by atoms with Crippen LogP contribution in [0.1, 0.15) is 29.3 Å². The molecule has 0 fully saturated rings. The van der Waals surface area contributed by atoms with Crippen LogP contribution < -0.4 is 5.32 Å². The number of halogens is 2. The summed E-state index contributed by atoms with van der Waals surface area (Å²) in [6, 6.07) is 2.23. The third-order valence-electron chi connectivity index (χ3n) is 2.25. The lowest BCUT2D eigenvalue weighted by Crippen LogP contribution is -2.22. The van der Waals surface area contributed by atoms with Crippen molar-refractivity contribution >= 4 is 50.2 Å². The number of thiazole rings is 1. The van der Waals surface area contributed by atoms with Crippen LogP contribution in [0.4, 0.5) is 0 Å². The maximum atomic E-state index is 6.10. The largest absolute Gasteiger partial charge is 0.304 e. The van der Waals surface area contributed by atoms with Crippen molar-refractivity contribution in [2.45, 2.75) is 19.4 Å². The predicted molar refractivity (Wildman–Crippen MR) is 79.3 cm³/mol. The van der Waals surface area contributed by atoms with Gasteiger partial charge in [-0.1, -0.05) is 18.5 Å². The summed E-state index contributed by atoms with van der Waals surface area (Å²) in [5.74, 6) is 0. The number of nitrogens with one attached hydrogen (secondary N) is 1. The molecule has 17 heavy (non-hydrogen) atoms. The molecule has 1 atom stereocenters. The van der Waals surface area contributed by atoms with E-state index in [0.717, 1.165) is 26.8 Å². The first-order valence-electron chi connectivity index (χ1n) is 5.30. The Morgan fingerprint density at radius 1 is 1.59 bits per heavy atom. The first-order chi connectivity index (χ1) is 8.22. The molecule has 0 aliphatic carbocycles. The Balaban J connectivity index is 2.26. The van der Waals surface area contributed by atoms with Crippen LogP contribution in [0.3, 0.4) is 0 Å². The molecule has 1 N–H and O–H groups in total. The Morgan fingerprint density at radius 3 is 2.94 bits per heavy atom. The molecule has 0 aliphatic rings. The third-order valence-corrected chi connectivity index (χ3v) is 5.63. The SMILES string of the molecule is CCCNC(c1cc(Br)c(Cl)s1)c1nccs1. The van der Waals surface area contributed by atoms with Gasteiger partial charge in [0.2, 0.25) is 0 Å². The summed E-state index contributed by atoms with van der Waals surface area (Å²) in [4.78, 5) is 5.59. The van der Waals surface area contributed by atoms with E-state index in [-0.39, 0.29) is 6.04 Å². The summed E-state index contributed by atoms with van der Waals surface area (Å²) in [5.41, 5.74) is 0. The van der Waals surface area contributed by atoms with Gasteiger partial charge < -0.3 is 5.32 Å². The van der Waals surface area contributed by atoms with Crippen LogP contribution in [-0.4, -0.2) is 11.5 Å². The van der Waals surface area contributed by atoms with Crippen molar-refractivity contribution in [3.8, 4) is 0 Å². The lowest BCUT2D eigenvalue weighted by molar-refractivity contribution is 0.603. The molecule has 0 aromatic carbocycles. The molecule has 2 nitrogen and oxygen atoms in total. The molecule has 2 aromatic heterocycles. The van der Waals surface area contributed by atoms with Gasteiger partial charge in [-0.2, -0.15) is 0 Å². The van der Waals surface area contributed by atoms with Crippen molar-refractivity contribution < 1.29 is 0 Å². The Bertz CT molecular complexity index is 450. The molecule has 0 bridgehead atoms. The van der Waals surface area contributed by atoms with Crippen molar-refractivity contribution in [3.05, 3.63) is 36.3 Å². The predicted octanol–water partition coefficient (Wildman–Crippen LogP) is 4.71. The highest BCUT2D eigenvalue weighted by Gasteiger charge is 2.19. The van der Waals surface area contributed by atoms with E-state index in [1.807, 2.05) is 11.6 Å². The molecule has 0 spiro atoms. The molecule has 0 aliphatic heterocycles. The topological polar surface area (TPSA) is 24.9 Å². The zero-order valence-electron chi connectivity index (χ0n) is 9.24. The Hall–Kier alpha value is 0.0600. The Labute approximate surface area is 122 Å². The van der Waals surface area contributed by atoms with Crippen LogP contribution in [0.25, 0.3) is 0 Å². The highest BCUT2D eigenvalue weighted by atomic mass is 79.9. The van der Waals surface area contributed by atoms with E-state index < -0.39 is 0 Å². The zero-order chi connectivity index (χ0) is 12.3. The number of aromatic nitrogens is 1. The number of hydrogen-bond acceptors (Lipinski definition) is 4. The summed E-state index contributed by atoms with van der Waals surface area (Å²) in [5, 5.41) is 6.59. The minimum atomic E-state index is 0.156. The number of thiophene rings is 1. The van der Waals surface area contributed by atoms with Crippen molar-refractivity contribution in [2.24, 2.45) is 0 Å². The smallest absolute Gasteiger partial charge is 0.115 e. The molecule has 0 saturated carbocycles. The molecule has 92 valence electrons. The lowest BCUT2D eigenvalue weighted by Gasteiger charge is -2.14. The molecule has 0 saturated heterocycles. The van der Waals surface area contributed by atoms with Crippen LogP contribution in [0, 0.1) is 0 Å². The van der Waals surface area contributed by atoms with E-state index in [9.17, 15) is 0 Å². The van der Waals surface area contributed by atoms with Crippen molar-refractivity contribution in [2.75, 3.05) is 6.54 Å². The van der Waals surface area contributed by atoms with Crippen molar-refractivity contribution in [1.29, 1.82) is 0 Å². The van der Waals surface area contributed by atoms with E-state index in [1.54, 1.807) is 22.7 Å². The summed E-state index contributed by atoms with van der Waals surface area (Å²) in [6.45, 7) is 3.13. The molecule has 6 heteroatoms. The van der Waals surface area contributed by atoms with Crippen LogP contribution in [0.5, 0.6) is 0 Å². The van der Waals surface area contributed by atoms with Gasteiger partial charge in [0.05, 0.1) is 6.04 Å². The zero-order valence-corrected chi connectivity index (χ0v) is 13.2. The van der Waals surface area contributed by atoms with E-state index in [4.69, 9.17) is 11.6 Å². The molecule has 1 unspecified atom stereocenters. The Morgan fingerprint density at radius 2 is 2.41 bits per heavy atom. The molecule has 2 rings (SSSR count). The van der Waals surface area contributed by atoms with Crippen LogP contribution in [-0.2, 0) is 0 Å². The summed E-state index contributed by atoms with van der Waals surface area (Å²) < 4.78 is 1.75. The van der Waals surface area contributed by atoms with Crippen LogP contribution >= 0.6 is 50.2 Å². The first-order valence-corrected chi connectivity index (χ1v) is 8.16. The van der Waals surface area contributed by atoms with Crippen LogP contribution in [0.2, 0.25) is 4.34 Å². The van der Waals surface area contributed by atoms with Gasteiger partial charge in [-0.25, -0.2) is 4.98 Å². The number of rotatable bonds is 5. The first kappa shape index (κ1) is 13.5. The molecular weight excluding hydrogens is 340 g/mol. The maximum Gasteiger partial charge on any atom is 0.115 e. The van der Waals surface area contributed by atoms with Gasteiger partial charge in [-0.05, 0) is 35.0 Å². The van der Waals surface area contributed by atoms with Gasteiger partial charge in [0, 0.05) is 20.9 Å². The van der Waals surface area contributed by atoms with Crippen LogP contribution in [0.15, 0.2) is 22.1 Å². The number of hydrogen-bond donors (Lipinski definition) is 1. The highest BCUT2D eigenvalue weighted by molar-refractivity contribution is 9.10. The van der Waals surface area contributed by atoms with E-state index >= 15 is 0 Å².